The third-order valence-electron chi connectivity index (χ3n) is 2.46. The van der Waals surface area contributed by atoms with Gasteiger partial charge in [-0.15, -0.1) is 5.10 Å². The Labute approximate surface area is 118 Å². The topological polar surface area (TPSA) is 50.1 Å². The van der Waals surface area contributed by atoms with Crippen molar-refractivity contribution >= 4 is 29.3 Å². The van der Waals surface area contributed by atoms with Crippen LogP contribution in [0.1, 0.15) is 0 Å². The van der Waals surface area contributed by atoms with E-state index in [4.69, 9.17) is 12.2 Å². The maximum atomic E-state index is 5.02. The zero-order chi connectivity index (χ0) is 13.5. The fourth-order valence-electron chi connectivity index (χ4n) is 1.20. The van der Waals surface area contributed by atoms with Crippen molar-refractivity contribution in [3.8, 4) is 0 Å². The van der Waals surface area contributed by atoms with Crippen molar-refractivity contribution in [3.63, 3.8) is 0 Å². The second-order valence-corrected chi connectivity index (χ2v) is 5.73. The number of likely N-dealkylation sites (N-methyl/N-ethyl adjacent to an activating group) is 1. The van der Waals surface area contributed by atoms with E-state index in [1.807, 2.05) is 32.9 Å². The Balaban J connectivity index is 2.51. The minimum Gasteiger partial charge on any atom is -0.308 e. The molecule has 0 saturated carbocycles. The van der Waals surface area contributed by atoms with Crippen molar-refractivity contribution in [2.75, 3.05) is 40.5 Å². The van der Waals surface area contributed by atoms with Gasteiger partial charge in [-0.3, -0.25) is 0 Å². The molecule has 0 aliphatic carbocycles. The summed E-state index contributed by atoms with van der Waals surface area (Å²) >= 11 is 6.65. The number of thiocarbonyl (C=S) groups is 1. The van der Waals surface area contributed by atoms with Crippen molar-refractivity contribution in [1.82, 2.24) is 30.0 Å². The highest BCUT2D eigenvalue weighted by molar-refractivity contribution is 7.99. The van der Waals surface area contributed by atoms with E-state index in [2.05, 4.69) is 25.3 Å². The molecular weight excluding hydrogens is 268 g/mol. The van der Waals surface area contributed by atoms with E-state index < -0.39 is 0 Å². The normalized spacial score (nSPS) is 13.2. The van der Waals surface area contributed by atoms with Gasteiger partial charge in [0.1, 0.15) is 0 Å². The van der Waals surface area contributed by atoms with Crippen molar-refractivity contribution in [2.24, 2.45) is 0 Å². The summed E-state index contributed by atoms with van der Waals surface area (Å²) in [5.41, 5.74) is 0. The Morgan fingerprint density at radius 1 is 1.39 bits per heavy atom. The zero-order valence-electron chi connectivity index (χ0n) is 11.3. The van der Waals surface area contributed by atoms with E-state index >= 15 is 0 Å². The van der Waals surface area contributed by atoms with Gasteiger partial charge in [0.2, 0.25) is 5.16 Å². The van der Waals surface area contributed by atoms with Crippen molar-refractivity contribution in [1.29, 1.82) is 0 Å². The first-order chi connectivity index (χ1) is 8.54. The molecule has 0 spiro atoms. The number of tetrazole rings is 1. The smallest absolute Gasteiger partial charge is 0.209 e. The molecule has 1 heterocycles. The fraction of sp³-hybridized carbons (Fsp3) is 0.800. The summed E-state index contributed by atoms with van der Waals surface area (Å²) in [6.07, 6.45) is 0. The van der Waals surface area contributed by atoms with Crippen LogP contribution >= 0.6 is 24.0 Å². The summed E-state index contributed by atoms with van der Waals surface area (Å²) in [7, 11) is 8.10. The summed E-state index contributed by atoms with van der Waals surface area (Å²) in [6, 6.07) is 0.254. The molecular formula is C10H20N6S2. The molecule has 102 valence electrons. The lowest BCUT2D eigenvalue weighted by molar-refractivity contribution is 0.361. The van der Waals surface area contributed by atoms with Gasteiger partial charge in [-0.2, -0.15) is 0 Å². The second kappa shape index (κ2) is 7.78. The van der Waals surface area contributed by atoms with Crippen molar-refractivity contribution in [3.05, 3.63) is 0 Å². The minimum absolute atomic E-state index is 0.254. The van der Waals surface area contributed by atoms with Gasteiger partial charge in [0.15, 0.2) is 0 Å². The number of nitrogens with zero attached hydrogens (tertiary/aromatic N) is 6. The Bertz CT molecular complexity index is 365. The molecule has 0 aliphatic heterocycles. The maximum Gasteiger partial charge on any atom is 0.209 e. The van der Waals surface area contributed by atoms with Gasteiger partial charge in [0.05, 0.1) is 6.54 Å². The van der Waals surface area contributed by atoms with E-state index in [-0.39, 0.29) is 6.04 Å². The molecule has 1 aromatic rings. The first-order valence-electron chi connectivity index (χ1n) is 5.70. The van der Waals surface area contributed by atoms with Gasteiger partial charge in [-0.25, -0.2) is 4.68 Å². The van der Waals surface area contributed by atoms with Crippen LogP contribution in [-0.2, 0) is 6.54 Å². The van der Waals surface area contributed by atoms with Crippen LogP contribution in [0.4, 0.5) is 0 Å². The van der Waals surface area contributed by atoms with Crippen LogP contribution in [0.5, 0.6) is 0 Å². The molecule has 1 aromatic heterocycles. The van der Waals surface area contributed by atoms with Crippen LogP contribution < -0.4 is 0 Å². The Morgan fingerprint density at radius 2 is 2.11 bits per heavy atom. The van der Waals surface area contributed by atoms with Gasteiger partial charge < -0.3 is 9.80 Å². The van der Waals surface area contributed by atoms with Gasteiger partial charge in [0, 0.05) is 18.3 Å². The minimum atomic E-state index is 0.254. The summed E-state index contributed by atoms with van der Waals surface area (Å²) in [4.78, 5) is 4.20. The largest absolute Gasteiger partial charge is 0.308 e. The molecule has 1 rings (SSSR count). The number of hydrogen-bond donors (Lipinski definition) is 0. The highest BCUT2D eigenvalue weighted by atomic mass is 32.2. The molecule has 0 aliphatic rings. The number of rotatable bonds is 8. The number of aromatic nitrogens is 4. The molecule has 0 radical (unpaired) electrons. The van der Waals surface area contributed by atoms with Crippen LogP contribution in [-0.4, -0.2) is 81.9 Å². The molecule has 0 aromatic carbocycles. The zero-order valence-corrected chi connectivity index (χ0v) is 12.9. The average Bonchev–Trinajstić information content (AvgIpc) is 2.74. The summed E-state index contributed by atoms with van der Waals surface area (Å²) in [5, 5.41) is 14.4. The van der Waals surface area contributed by atoms with Crippen molar-refractivity contribution in [2.45, 2.75) is 17.7 Å². The average molecular weight is 288 g/mol. The highest BCUT2D eigenvalue weighted by Crippen LogP contribution is 2.15. The fourth-order valence-corrected chi connectivity index (χ4v) is 2.75. The first-order valence-corrected chi connectivity index (χ1v) is 7.15. The standard InChI is InChI=1S/C10H20N6S2/c1-14(2)5-6-16-10(11-12-13-16)18-8-9(7-17)15(3)4/h7,9H,5-6,8H2,1-4H3. The van der Waals surface area contributed by atoms with Gasteiger partial charge >= 0.3 is 0 Å². The molecule has 0 fully saturated rings. The first kappa shape index (κ1) is 15.5. The van der Waals surface area contributed by atoms with E-state index in [1.54, 1.807) is 17.1 Å². The number of thioether (sulfide) groups is 1. The van der Waals surface area contributed by atoms with Gasteiger partial charge in [-0.1, -0.05) is 24.0 Å². The predicted octanol–water partition coefficient (Wildman–Crippen LogP) is 0.257. The lowest BCUT2D eigenvalue weighted by atomic mass is 10.4. The molecule has 0 saturated heterocycles. The van der Waals surface area contributed by atoms with E-state index in [9.17, 15) is 0 Å². The molecule has 0 bridgehead atoms. The Morgan fingerprint density at radius 3 is 2.67 bits per heavy atom. The molecule has 1 unspecified atom stereocenters. The van der Waals surface area contributed by atoms with E-state index in [1.165, 1.54) is 0 Å². The monoisotopic (exact) mass is 288 g/mol. The second-order valence-electron chi connectivity index (χ2n) is 4.47. The van der Waals surface area contributed by atoms with Crippen LogP contribution in [0.3, 0.4) is 0 Å². The van der Waals surface area contributed by atoms with Crippen LogP contribution in [0, 0.1) is 0 Å². The molecule has 0 N–H and O–H groups in total. The molecule has 8 heteroatoms. The van der Waals surface area contributed by atoms with Crippen molar-refractivity contribution < 1.29 is 0 Å². The predicted molar refractivity (Wildman–Crippen MR) is 78.2 cm³/mol. The third-order valence-corrected chi connectivity index (χ3v) is 3.83. The molecule has 18 heavy (non-hydrogen) atoms. The Hall–Kier alpha value is -0.570. The quantitative estimate of drug-likeness (QED) is 0.502. The van der Waals surface area contributed by atoms with Crippen LogP contribution in [0.25, 0.3) is 0 Å². The maximum absolute atomic E-state index is 5.02. The van der Waals surface area contributed by atoms with E-state index in [0.29, 0.717) is 0 Å². The molecule has 1 atom stereocenters. The summed E-state index contributed by atoms with van der Waals surface area (Å²) in [5.74, 6) is 0.860. The van der Waals surface area contributed by atoms with Crippen LogP contribution in [0.2, 0.25) is 0 Å². The SMILES string of the molecule is CN(C)CCn1nnnc1SCC(C=S)N(C)C. The Kier molecular flexibility index (Phi) is 6.69. The third kappa shape index (κ3) is 4.97. The van der Waals surface area contributed by atoms with Gasteiger partial charge in [-0.05, 0) is 44.0 Å². The van der Waals surface area contributed by atoms with E-state index in [0.717, 1.165) is 24.0 Å². The highest BCUT2D eigenvalue weighted by Gasteiger charge is 2.12. The number of hydrogen-bond acceptors (Lipinski definition) is 7. The molecule has 6 nitrogen and oxygen atoms in total. The summed E-state index contributed by atoms with van der Waals surface area (Å²) < 4.78 is 1.83. The summed E-state index contributed by atoms with van der Waals surface area (Å²) in [6.45, 7) is 1.72. The lowest BCUT2D eigenvalue weighted by Gasteiger charge is -2.18. The van der Waals surface area contributed by atoms with Crippen LogP contribution in [0.15, 0.2) is 5.16 Å². The molecule has 0 amide bonds. The van der Waals surface area contributed by atoms with Gasteiger partial charge in [0.25, 0.3) is 0 Å². The lowest BCUT2D eigenvalue weighted by Crippen LogP contribution is -2.31.